The molecule has 140 valence electrons. The SMILES string of the molecule is C[C@@H](Sc1nnc(Cc2cccs2)n1C1CC1)C(=O)Nc1ccccc1Cl. The van der Waals surface area contributed by atoms with Crippen LogP contribution in [0.15, 0.2) is 46.9 Å². The molecule has 3 aromatic rings. The molecule has 1 fully saturated rings. The number of carbonyl (C=O) groups is 1. The van der Waals surface area contributed by atoms with Crippen molar-refractivity contribution in [2.45, 2.75) is 42.6 Å². The smallest absolute Gasteiger partial charge is 0.237 e. The Morgan fingerprint density at radius 2 is 2.15 bits per heavy atom. The third-order valence-electron chi connectivity index (χ3n) is 4.34. The zero-order chi connectivity index (χ0) is 18.8. The fraction of sp³-hybridized carbons (Fsp3) is 0.316. The van der Waals surface area contributed by atoms with E-state index >= 15 is 0 Å². The van der Waals surface area contributed by atoms with Gasteiger partial charge in [-0.1, -0.05) is 41.6 Å². The highest BCUT2D eigenvalue weighted by Crippen LogP contribution is 2.40. The number of nitrogens with one attached hydrogen (secondary N) is 1. The molecule has 0 radical (unpaired) electrons. The minimum Gasteiger partial charge on any atom is -0.324 e. The Bertz CT molecular complexity index is 937. The predicted molar refractivity (Wildman–Crippen MR) is 111 cm³/mol. The molecule has 5 nitrogen and oxygen atoms in total. The molecule has 1 aliphatic rings. The first-order valence-corrected chi connectivity index (χ1v) is 10.9. The second-order valence-corrected chi connectivity index (χ2v) is 9.23. The van der Waals surface area contributed by atoms with E-state index in [1.54, 1.807) is 23.5 Å². The number of benzene rings is 1. The van der Waals surface area contributed by atoms with Gasteiger partial charge >= 0.3 is 0 Å². The normalized spacial score (nSPS) is 14.9. The average Bonchev–Trinajstić information content (AvgIpc) is 3.21. The second-order valence-electron chi connectivity index (χ2n) is 6.49. The number of para-hydroxylation sites is 1. The molecule has 0 aliphatic heterocycles. The molecule has 0 unspecified atom stereocenters. The van der Waals surface area contributed by atoms with Crippen molar-refractivity contribution in [2.24, 2.45) is 0 Å². The van der Waals surface area contributed by atoms with Crippen molar-refractivity contribution in [2.75, 3.05) is 5.32 Å². The van der Waals surface area contributed by atoms with Crippen LogP contribution in [0, 0.1) is 0 Å². The first-order valence-electron chi connectivity index (χ1n) is 8.80. The summed E-state index contributed by atoms with van der Waals surface area (Å²) in [6.07, 6.45) is 3.06. The standard InChI is InChI=1S/C19H19ClN4OS2/c1-12(18(25)21-16-7-3-2-6-15(16)20)27-19-23-22-17(24(19)13-8-9-13)11-14-5-4-10-26-14/h2-7,10,12-13H,8-9,11H2,1H3,(H,21,25)/t12-/m1/s1. The summed E-state index contributed by atoms with van der Waals surface area (Å²) < 4.78 is 2.21. The molecule has 1 amide bonds. The van der Waals surface area contributed by atoms with E-state index in [1.165, 1.54) is 16.6 Å². The maximum absolute atomic E-state index is 12.6. The Balaban J connectivity index is 1.48. The maximum Gasteiger partial charge on any atom is 0.237 e. The summed E-state index contributed by atoms with van der Waals surface area (Å²) in [5.74, 6) is 0.874. The van der Waals surface area contributed by atoms with Gasteiger partial charge in [0.05, 0.1) is 16.0 Å². The van der Waals surface area contributed by atoms with Gasteiger partial charge in [0.2, 0.25) is 5.91 Å². The van der Waals surface area contributed by atoms with Crippen LogP contribution >= 0.6 is 34.7 Å². The first-order chi connectivity index (χ1) is 13.1. The van der Waals surface area contributed by atoms with Crippen LogP contribution in [0.2, 0.25) is 5.02 Å². The number of aromatic nitrogens is 3. The fourth-order valence-corrected chi connectivity index (χ4v) is 4.61. The number of hydrogen-bond donors (Lipinski definition) is 1. The van der Waals surface area contributed by atoms with Gasteiger partial charge in [-0.15, -0.1) is 21.5 Å². The quantitative estimate of drug-likeness (QED) is 0.546. The van der Waals surface area contributed by atoms with E-state index in [4.69, 9.17) is 11.6 Å². The van der Waals surface area contributed by atoms with E-state index in [0.717, 1.165) is 30.2 Å². The van der Waals surface area contributed by atoms with E-state index in [0.29, 0.717) is 16.8 Å². The fourth-order valence-electron chi connectivity index (χ4n) is 2.79. The number of thioether (sulfide) groups is 1. The van der Waals surface area contributed by atoms with Crippen molar-refractivity contribution in [3.05, 3.63) is 57.5 Å². The van der Waals surface area contributed by atoms with Gasteiger partial charge in [0.1, 0.15) is 5.82 Å². The molecule has 0 spiro atoms. The Morgan fingerprint density at radius 3 is 2.85 bits per heavy atom. The molecular weight excluding hydrogens is 400 g/mol. The van der Waals surface area contributed by atoms with Crippen LogP contribution in [0.5, 0.6) is 0 Å². The lowest BCUT2D eigenvalue weighted by Gasteiger charge is -2.14. The molecule has 2 aromatic heterocycles. The molecule has 8 heteroatoms. The van der Waals surface area contributed by atoms with Gasteiger partial charge in [0, 0.05) is 17.3 Å². The molecule has 2 heterocycles. The molecule has 1 saturated carbocycles. The summed E-state index contributed by atoms with van der Waals surface area (Å²) in [7, 11) is 0. The van der Waals surface area contributed by atoms with Gasteiger partial charge in [0.15, 0.2) is 5.16 Å². The van der Waals surface area contributed by atoms with Gasteiger partial charge in [-0.3, -0.25) is 4.79 Å². The van der Waals surface area contributed by atoms with Crippen molar-refractivity contribution in [1.82, 2.24) is 14.8 Å². The monoisotopic (exact) mass is 418 g/mol. The van der Waals surface area contributed by atoms with Crippen LogP contribution in [0.3, 0.4) is 0 Å². The van der Waals surface area contributed by atoms with Crippen LogP contribution in [-0.4, -0.2) is 25.9 Å². The number of thiophene rings is 1. The van der Waals surface area contributed by atoms with Gasteiger partial charge in [0.25, 0.3) is 0 Å². The number of carbonyl (C=O) groups excluding carboxylic acids is 1. The van der Waals surface area contributed by atoms with Crippen molar-refractivity contribution in [1.29, 1.82) is 0 Å². The van der Waals surface area contributed by atoms with Crippen molar-refractivity contribution < 1.29 is 4.79 Å². The third kappa shape index (κ3) is 4.36. The Hall–Kier alpha value is -1.83. The number of halogens is 1. The van der Waals surface area contributed by atoms with Crippen LogP contribution in [0.1, 0.15) is 36.5 Å². The maximum atomic E-state index is 12.6. The highest BCUT2D eigenvalue weighted by molar-refractivity contribution is 8.00. The number of rotatable bonds is 7. The number of nitrogens with zero attached hydrogens (tertiary/aromatic N) is 3. The van der Waals surface area contributed by atoms with Crippen molar-refractivity contribution in [3.63, 3.8) is 0 Å². The van der Waals surface area contributed by atoms with Gasteiger partial charge in [-0.2, -0.15) is 0 Å². The average molecular weight is 419 g/mol. The van der Waals surface area contributed by atoms with Gasteiger partial charge < -0.3 is 9.88 Å². The lowest BCUT2D eigenvalue weighted by molar-refractivity contribution is -0.115. The Morgan fingerprint density at radius 1 is 1.33 bits per heavy atom. The number of hydrogen-bond acceptors (Lipinski definition) is 5. The highest BCUT2D eigenvalue weighted by atomic mass is 35.5. The molecular formula is C19H19ClN4OS2. The van der Waals surface area contributed by atoms with Crippen LogP contribution in [0.25, 0.3) is 0 Å². The molecule has 0 bridgehead atoms. The predicted octanol–water partition coefficient (Wildman–Crippen LogP) is 5.04. The summed E-state index contributed by atoms with van der Waals surface area (Å²) in [4.78, 5) is 13.9. The highest BCUT2D eigenvalue weighted by Gasteiger charge is 2.31. The lowest BCUT2D eigenvalue weighted by atomic mass is 10.3. The topological polar surface area (TPSA) is 59.8 Å². The van der Waals surface area contributed by atoms with Crippen LogP contribution in [0.4, 0.5) is 5.69 Å². The molecule has 27 heavy (non-hydrogen) atoms. The van der Waals surface area contributed by atoms with E-state index in [9.17, 15) is 4.79 Å². The number of amides is 1. The van der Waals surface area contributed by atoms with Crippen molar-refractivity contribution in [3.8, 4) is 0 Å². The van der Waals surface area contributed by atoms with E-state index < -0.39 is 0 Å². The number of anilines is 1. The Kier molecular flexibility index (Phi) is 5.52. The second kappa shape index (κ2) is 8.04. The molecule has 1 atom stereocenters. The Labute approximate surface area is 171 Å². The molecule has 1 aromatic carbocycles. The van der Waals surface area contributed by atoms with Crippen molar-refractivity contribution >= 4 is 46.3 Å². The zero-order valence-electron chi connectivity index (χ0n) is 14.8. The molecule has 1 aliphatic carbocycles. The van der Waals surface area contributed by atoms with Crippen LogP contribution in [-0.2, 0) is 11.2 Å². The van der Waals surface area contributed by atoms with E-state index in [1.807, 2.05) is 19.1 Å². The summed E-state index contributed by atoms with van der Waals surface area (Å²) >= 11 is 9.30. The largest absolute Gasteiger partial charge is 0.324 e. The molecule has 4 rings (SSSR count). The van der Waals surface area contributed by atoms with Crippen LogP contribution < -0.4 is 5.32 Å². The van der Waals surface area contributed by atoms with E-state index in [2.05, 4.69) is 37.6 Å². The summed E-state index contributed by atoms with van der Waals surface area (Å²) in [6.45, 7) is 1.88. The lowest BCUT2D eigenvalue weighted by Crippen LogP contribution is -2.23. The summed E-state index contributed by atoms with van der Waals surface area (Å²) in [5, 5.41) is 14.8. The minimum absolute atomic E-state index is 0.0988. The first kappa shape index (κ1) is 18.5. The van der Waals surface area contributed by atoms with E-state index in [-0.39, 0.29) is 11.2 Å². The molecule has 1 N–H and O–H groups in total. The summed E-state index contributed by atoms with van der Waals surface area (Å²) in [6, 6.07) is 11.9. The summed E-state index contributed by atoms with van der Waals surface area (Å²) in [5.41, 5.74) is 0.624. The van der Waals surface area contributed by atoms with Gasteiger partial charge in [-0.05, 0) is 43.3 Å². The minimum atomic E-state index is -0.308. The third-order valence-corrected chi connectivity index (χ3v) is 6.61. The molecule has 0 saturated heterocycles. The van der Waals surface area contributed by atoms with Gasteiger partial charge in [-0.25, -0.2) is 0 Å². The zero-order valence-corrected chi connectivity index (χ0v) is 17.2.